The summed E-state index contributed by atoms with van der Waals surface area (Å²) in [4.78, 5) is 6.84. The van der Waals surface area contributed by atoms with Crippen molar-refractivity contribution in [1.29, 1.82) is 0 Å². The van der Waals surface area contributed by atoms with Crippen molar-refractivity contribution in [2.45, 2.75) is 52.1 Å². The zero-order valence-electron chi connectivity index (χ0n) is 14.4. The molecular weight excluding hydrogens is 305 g/mol. The molecule has 1 aliphatic rings. The van der Waals surface area contributed by atoms with Gasteiger partial charge in [-0.1, -0.05) is 6.92 Å². The Balaban J connectivity index is 2.17. The minimum atomic E-state index is -4.13. The quantitative estimate of drug-likeness (QED) is 0.407. The Morgan fingerprint density at radius 1 is 1.26 bits per heavy atom. The van der Waals surface area contributed by atoms with E-state index in [9.17, 15) is 13.2 Å². The van der Waals surface area contributed by atoms with Gasteiger partial charge in [0.1, 0.15) is 0 Å². The van der Waals surface area contributed by atoms with Crippen LogP contribution in [-0.4, -0.2) is 56.3 Å². The third kappa shape index (κ3) is 10.4. The molecule has 0 aromatic heterocycles. The van der Waals surface area contributed by atoms with E-state index in [1.165, 1.54) is 25.9 Å². The number of guanidine groups is 1. The lowest BCUT2D eigenvalue weighted by Gasteiger charge is -2.30. The Morgan fingerprint density at radius 2 is 2.04 bits per heavy atom. The number of alkyl halides is 3. The van der Waals surface area contributed by atoms with Gasteiger partial charge in [0.15, 0.2) is 5.96 Å². The normalized spacial score (nSPS) is 20.6. The fraction of sp³-hybridized carbons (Fsp3) is 0.938. The standard InChI is InChI=1S/C16H31F3N4/c1-3-20-15(22-10-8-16(17,18)19)21-9-4-5-11-23-12-6-7-14(2)13-23/h14H,3-13H2,1-2H3,(H2,20,21,22). The molecule has 0 amide bonds. The van der Waals surface area contributed by atoms with Crippen LogP contribution in [0.4, 0.5) is 13.2 Å². The van der Waals surface area contributed by atoms with Crippen LogP contribution >= 0.6 is 0 Å². The van der Waals surface area contributed by atoms with E-state index >= 15 is 0 Å². The molecule has 0 saturated carbocycles. The van der Waals surface area contributed by atoms with Gasteiger partial charge in [-0.15, -0.1) is 0 Å². The van der Waals surface area contributed by atoms with Crippen molar-refractivity contribution in [3.63, 3.8) is 0 Å². The predicted molar refractivity (Wildman–Crippen MR) is 88.7 cm³/mol. The first-order chi connectivity index (χ1) is 10.9. The van der Waals surface area contributed by atoms with Gasteiger partial charge in [-0.3, -0.25) is 4.99 Å². The summed E-state index contributed by atoms with van der Waals surface area (Å²) in [7, 11) is 0. The van der Waals surface area contributed by atoms with Gasteiger partial charge in [-0.25, -0.2) is 0 Å². The zero-order valence-corrected chi connectivity index (χ0v) is 14.4. The predicted octanol–water partition coefficient (Wildman–Crippen LogP) is 3.01. The smallest absolute Gasteiger partial charge is 0.357 e. The number of rotatable bonds is 8. The molecule has 0 radical (unpaired) electrons. The van der Waals surface area contributed by atoms with Crippen molar-refractivity contribution >= 4 is 5.96 Å². The average molecular weight is 336 g/mol. The zero-order chi connectivity index (χ0) is 17.1. The largest absolute Gasteiger partial charge is 0.390 e. The molecule has 0 spiro atoms. The van der Waals surface area contributed by atoms with Crippen LogP contribution in [-0.2, 0) is 0 Å². The first kappa shape index (κ1) is 20.1. The molecule has 1 heterocycles. The van der Waals surface area contributed by atoms with Gasteiger partial charge in [0.2, 0.25) is 0 Å². The maximum atomic E-state index is 12.1. The van der Waals surface area contributed by atoms with Crippen molar-refractivity contribution in [1.82, 2.24) is 15.5 Å². The number of nitrogens with zero attached hydrogens (tertiary/aromatic N) is 2. The highest BCUT2D eigenvalue weighted by Gasteiger charge is 2.26. The molecule has 7 heteroatoms. The fourth-order valence-electron chi connectivity index (χ4n) is 2.79. The summed E-state index contributed by atoms with van der Waals surface area (Å²) in [6, 6.07) is 0. The van der Waals surface area contributed by atoms with Gasteiger partial charge in [-0.05, 0) is 51.6 Å². The van der Waals surface area contributed by atoms with Crippen LogP contribution in [0, 0.1) is 5.92 Å². The van der Waals surface area contributed by atoms with Gasteiger partial charge in [0, 0.05) is 26.2 Å². The Morgan fingerprint density at radius 3 is 2.70 bits per heavy atom. The second kappa shape index (κ2) is 10.7. The molecule has 1 atom stereocenters. The summed E-state index contributed by atoms with van der Waals surface area (Å²) in [6.45, 7) is 8.82. The highest BCUT2D eigenvalue weighted by Crippen LogP contribution is 2.18. The second-order valence-corrected chi connectivity index (χ2v) is 6.31. The number of hydrogen-bond acceptors (Lipinski definition) is 2. The van der Waals surface area contributed by atoms with E-state index in [4.69, 9.17) is 0 Å². The molecule has 136 valence electrons. The Bertz CT molecular complexity index is 345. The minimum Gasteiger partial charge on any atom is -0.357 e. The van der Waals surface area contributed by atoms with Crippen LogP contribution in [0.25, 0.3) is 0 Å². The maximum absolute atomic E-state index is 12.1. The van der Waals surface area contributed by atoms with Crippen molar-refractivity contribution in [2.24, 2.45) is 10.9 Å². The van der Waals surface area contributed by atoms with Crippen LogP contribution in [0.15, 0.2) is 4.99 Å². The lowest BCUT2D eigenvalue weighted by molar-refractivity contribution is -0.132. The Kier molecular flexibility index (Phi) is 9.36. The third-order valence-corrected chi connectivity index (χ3v) is 3.94. The van der Waals surface area contributed by atoms with Crippen molar-refractivity contribution in [3.8, 4) is 0 Å². The summed E-state index contributed by atoms with van der Waals surface area (Å²) in [5, 5.41) is 5.71. The molecule has 4 nitrogen and oxygen atoms in total. The molecule has 0 aromatic carbocycles. The monoisotopic (exact) mass is 336 g/mol. The highest BCUT2D eigenvalue weighted by atomic mass is 19.4. The maximum Gasteiger partial charge on any atom is 0.390 e. The van der Waals surface area contributed by atoms with Crippen LogP contribution in [0.5, 0.6) is 0 Å². The van der Waals surface area contributed by atoms with Gasteiger partial charge in [0.25, 0.3) is 0 Å². The van der Waals surface area contributed by atoms with Gasteiger partial charge in [-0.2, -0.15) is 13.2 Å². The topological polar surface area (TPSA) is 39.7 Å². The number of halogens is 3. The number of hydrogen-bond donors (Lipinski definition) is 2. The average Bonchev–Trinajstić information content (AvgIpc) is 2.45. The van der Waals surface area contributed by atoms with E-state index < -0.39 is 12.6 Å². The lowest BCUT2D eigenvalue weighted by atomic mass is 10.0. The minimum absolute atomic E-state index is 0.138. The molecule has 0 bridgehead atoms. The van der Waals surface area contributed by atoms with E-state index in [1.54, 1.807) is 0 Å². The lowest BCUT2D eigenvalue weighted by Crippen LogP contribution is -2.39. The molecular formula is C16H31F3N4. The van der Waals surface area contributed by atoms with E-state index in [2.05, 4.69) is 27.4 Å². The molecule has 1 fully saturated rings. The molecule has 0 aliphatic carbocycles. The molecule has 2 N–H and O–H groups in total. The number of piperidine rings is 1. The summed E-state index contributed by atoms with van der Waals surface area (Å²) in [6.07, 6.45) is -0.317. The molecule has 1 rings (SSSR count). The van der Waals surface area contributed by atoms with E-state index in [0.717, 1.165) is 25.3 Å². The number of likely N-dealkylation sites (tertiary alicyclic amines) is 1. The molecule has 23 heavy (non-hydrogen) atoms. The fourth-order valence-corrected chi connectivity index (χ4v) is 2.79. The molecule has 1 aliphatic heterocycles. The van der Waals surface area contributed by atoms with Gasteiger partial charge in [0.05, 0.1) is 6.42 Å². The van der Waals surface area contributed by atoms with Crippen LogP contribution < -0.4 is 10.6 Å². The van der Waals surface area contributed by atoms with Crippen LogP contribution in [0.1, 0.15) is 46.0 Å². The summed E-state index contributed by atoms with van der Waals surface area (Å²) >= 11 is 0. The number of nitrogens with one attached hydrogen (secondary N) is 2. The van der Waals surface area contributed by atoms with Gasteiger partial charge < -0.3 is 15.5 Å². The number of unbranched alkanes of at least 4 members (excludes halogenated alkanes) is 1. The van der Waals surface area contributed by atoms with Crippen LogP contribution in [0.2, 0.25) is 0 Å². The first-order valence-corrected chi connectivity index (χ1v) is 8.72. The Labute approximate surface area is 137 Å². The molecule has 1 unspecified atom stereocenters. The molecule has 1 saturated heterocycles. The van der Waals surface area contributed by atoms with Crippen LogP contribution in [0.3, 0.4) is 0 Å². The highest BCUT2D eigenvalue weighted by molar-refractivity contribution is 5.79. The second-order valence-electron chi connectivity index (χ2n) is 6.31. The number of aliphatic imine (C=N–C) groups is 1. The summed E-state index contributed by atoms with van der Waals surface area (Å²) in [5.74, 6) is 1.27. The third-order valence-electron chi connectivity index (χ3n) is 3.94. The SMILES string of the molecule is CCNC(=NCCCCN1CCCC(C)C1)NCCC(F)(F)F. The van der Waals surface area contributed by atoms with E-state index in [1.807, 2.05) is 6.92 Å². The summed E-state index contributed by atoms with van der Waals surface area (Å²) in [5.41, 5.74) is 0. The van der Waals surface area contributed by atoms with E-state index in [0.29, 0.717) is 19.0 Å². The molecule has 0 aromatic rings. The first-order valence-electron chi connectivity index (χ1n) is 8.72. The summed E-state index contributed by atoms with van der Waals surface area (Å²) < 4.78 is 36.4. The van der Waals surface area contributed by atoms with Crippen molar-refractivity contribution in [2.75, 3.05) is 39.3 Å². The van der Waals surface area contributed by atoms with E-state index in [-0.39, 0.29) is 6.54 Å². The van der Waals surface area contributed by atoms with Gasteiger partial charge >= 0.3 is 6.18 Å². The Hall–Kier alpha value is -0.980. The van der Waals surface area contributed by atoms with Crippen molar-refractivity contribution in [3.05, 3.63) is 0 Å². The van der Waals surface area contributed by atoms with Crippen molar-refractivity contribution < 1.29 is 13.2 Å².